The lowest BCUT2D eigenvalue weighted by molar-refractivity contribution is 0.0387. The van der Waals surface area contributed by atoms with Crippen molar-refractivity contribution in [1.29, 1.82) is 0 Å². The predicted octanol–water partition coefficient (Wildman–Crippen LogP) is 2.74. The predicted molar refractivity (Wildman–Crippen MR) is 91.3 cm³/mol. The molecule has 0 radical (unpaired) electrons. The highest BCUT2D eigenvalue weighted by Crippen LogP contribution is 2.25. The minimum absolute atomic E-state index is 0.148. The van der Waals surface area contributed by atoms with E-state index in [0.29, 0.717) is 35.0 Å². The van der Waals surface area contributed by atoms with Crippen molar-refractivity contribution in [2.75, 3.05) is 20.3 Å². The summed E-state index contributed by atoms with van der Waals surface area (Å²) in [4.78, 5) is 27.9. The largest absolute Gasteiger partial charge is 0.460 e. The second kappa shape index (κ2) is 8.33. The van der Waals surface area contributed by atoms with E-state index in [-0.39, 0.29) is 18.6 Å². The van der Waals surface area contributed by atoms with Gasteiger partial charge in [-0.1, -0.05) is 19.8 Å². The van der Waals surface area contributed by atoms with Gasteiger partial charge in [-0.05, 0) is 38.2 Å². The Morgan fingerprint density at radius 1 is 1.21 bits per heavy atom. The number of hydrogen-bond acceptors (Lipinski definition) is 4. The number of esters is 1. The summed E-state index contributed by atoms with van der Waals surface area (Å²) in [5.41, 5.74) is 2.17. The number of carbonyl (C=O) groups excluding carboxylic acids is 2. The molecule has 2 atom stereocenters. The number of carbonyl (C=O) groups is 2. The van der Waals surface area contributed by atoms with Gasteiger partial charge in [0.15, 0.2) is 0 Å². The third-order valence-corrected chi connectivity index (χ3v) is 4.82. The van der Waals surface area contributed by atoms with Crippen LogP contribution in [0.3, 0.4) is 0 Å². The lowest BCUT2D eigenvalue weighted by atomic mass is 9.86. The van der Waals surface area contributed by atoms with Crippen LogP contribution in [0.15, 0.2) is 0 Å². The molecule has 2 unspecified atom stereocenters. The normalized spacial score (nSPS) is 20.7. The van der Waals surface area contributed by atoms with E-state index >= 15 is 0 Å². The minimum atomic E-state index is -0.427. The first-order chi connectivity index (χ1) is 11.5. The van der Waals surface area contributed by atoms with Gasteiger partial charge in [-0.3, -0.25) is 4.79 Å². The lowest BCUT2D eigenvalue weighted by Crippen LogP contribution is -2.41. The van der Waals surface area contributed by atoms with Crippen molar-refractivity contribution in [2.45, 2.75) is 52.5 Å². The summed E-state index contributed by atoms with van der Waals surface area (Å²) in [5.74, 6) is -0.0915. The fourth-order valence-electron chi connectivity index (χ4n) is 3.34. The Kier molecular flexibility index (Phi) is 6.43. The highest BCUT2D eigenvalue weighted by molar-refractivity contribution is 6.00. The molecule has 2 N–H and O–H groups in total. The van der Waals surface area contributed by atoms with Crippen molar-refractivity contribution in [3.05, 3.63) is 22.5 Å². The third kappa shape index (κ3) is 4.17. The van der Waals surface area contributed by atoms with Crippen LogP contribution in [0.5, 0.6) is 0 Å². The molecule has 0 aliphatic heterocycles. The fourth-order valence-corrected chi connectivity index (χ4v) is 3.34. The van der Waals surface area contributed by atoms with E-state index < -0.39 is 5.97 Å². The second-order valence-electron chi connectivity index (χ2n) is 6.60. The van der Waals surface area contributed by atoms with E-state index in [2.05, 4.69) is 17.2 Å². The lowest BCUT2D eigenvalue weighted by Gasteiger charge is -2.29. The van der Waals surface area contributed by atoms with E-state index in [9.17, 15) is 9.59 Å². The molecule has 6 heteroatoms. The first kappa shape index (κ1) is 18.5. The van der Waals surface area contributed by atoms with Crippen molar-refractivity contribution in [3.8, 4) is 0 Å². The number of H-pyrrole nitrogens is 1. The van der Waals surface area contributed by atoms with Crippen molar-refractivity contribution in [2.24, 2.45) is 5.92 Å². The highest BCUT2D eigenvalue weighted by atomic mass is 16.6. The molecule has 2 rings (SSSR count). The van der Waals surface area contributed by atoms with Crippen LogP contribution in [-0.4, -0.2) is 43.2 Å². The van der Waals surface area contributed by atoms with Gasteiger partial charge in [-0.2, -0.15) is 0 Å². The van der Waals surface area contributed by atoms with Gasteiger partial charge in [0.25, 0.3) is 5.91 Å². The number of amides is 1. The average molecular weight is 336 g/mol. The van der Waals surface area contributed by atoms with Crippen molar-refractivity contribution in [1.82, 2.24) is 10.3 Å². The highest BCUT2D eigenvalue weighted by Gasteiger charge is 2.27. The summed E-state index contributed by atoms with van der Waals surface area (Å²) >= 11 is 0. The Hall–Kier alpha value is -1.82. The van der Waals surface area contributed by atoms with Gasteiger partial charge in [0.2, 0.25) is 0 Å². The zero-order valence-electron chi connectivity index (χ0n) is 15.0. The van der Waals surface area contributed by atoms with Crippen LogP contribution in [0.25, 0.3) is 0 Å². The van der Waals surface area contributed by atoms with Crippen LogP contribution in [0.2, 0.25) is 0 Å². The Balaban J connectivity index is 2.09. The van der Waals surface area contributed by atoms with Crippen LogP contribution in [0.4, 0.5) is 0 Å². The third-order valence-electron chi connectivity index (χ3n) is 4.82. The maximum absolute atomic E-state index is 12.6. The molecule has 1 aromatic rings. The average Bonchev–Trinajstić information content (AvgIpc) is 2.84. The van der Waals surface area contributed by atoms with Gasteiger partial charge in [0.05, 0.1) is 12.2 Å². The number of methoxy groups -OCH3 is 1. The van der Waals surface area contributed by atoms with Gasteiger partial charge in [0.1, 0.15) is 12.3 Å². The number of aromatic amines is 1. The maximum atomic E-state index is 12.6. The summed E-state index contributed by atoms with van der Waals surface area (Å²) in [5, 5.41) is 3.12. The molecule has 1 heterocycles. The van der Waals surface area contributed by atoms with Gasteiger partial charge in [-0.25, -0.2) is 4.79 Å². The molecule has 0 spiro atoms. The Labute approximate surface area is 143 Å². The molecule has 134 valence electrons. The fraction of sp³-hybridized carbons (Fsp3) is 0.667. The molecular weight excluding hydrogens is 308 g/mol. The van der Waals surface area contributed by atoms with E-state index in [1.807, 2.05) is 0 Å². The molecule has 6 nitrogen and oxygen atoms in total. The number of aromatic nitrogens is 1. The Bertz CT molecular complexity index is 594. The molecule has 24 heavy (non-hydrogen) atoms. The van der Waals surface area contributed by atoms with Gasteiger partial charge in [-0.15, -0.1) is 0 Å². The standard InChI is InChI=1S/C18H28N2O4/c1-11-7-5-6-8-14(11)20-17(21)16-12(2)15(13(3)19-16)18(22)24-10-9-23-4/h11,14,19H,5-10H2,1-4H3,(H,20,21). The van der Waals surface area contributed by atoms with Crippen molar-refractivity contribution < 1.29 is 19.1 Å². The van der Waals surface area contributed by atoms with E-state index in [1.165, 1.54) is 6.42 Å². The van der Waals surface area contributed by atoms with Crippen molar-refractivity contribution in [3.63, 3.8) is 0 Å². The Morgan fingerprint density at radius 2 is 1.92 bits per heavy atom. The minimum Gasteiger partial charge on any atom is -0.460 e. The molecule has 1 saturated carbocycles. The van der Waals surface area contributed by atoms with Gasteiger partial charge < -0.3 is 19.8 Å². The van der Waals surface area contributed by atoms with Crippen LogP contribution in [0, 0.1) is 19.8 Å². The topological polar surface area (TPSA) is 80.4 Å². The molecule has 1 aliphatic carbocycles. The SMILES string of the molecule is COCCOC(=O)c1c(C)[nH]c(C(=O)NC2CCCCC2C)c1C. The number of hydrogen-bond donors (Lipinski definition) is 2. The molecule has 0 aromatic carbocycles. The quantitative estimate of drug-likeness (QED) is 0.618. The molecular formula is C18H28N2O4. The monoisotopic (exact) mass is 336 g/mol. The molecule has 0 bridgehead atoms. The van der Waals surface area contributed by atoms with Crippen LogP contribution >= 0.6 is 0 Å². The van der Waals surface area contributed by atoms with E-state index in [4.69, 9.17) is 9.47 Å². The van der Waals surface area contributed by atoms with Gasteiger partial charge >= 0.3 is 5.97 Å². The van der Waals surface area contributed by atoms with Crippen LogP contribution < -0.4 is 5.32 Å². The number of ether oxygens (including phenoxy) is 2. The zero-order valence-corrected chi connectivity index (χ0v) is 15.0. The van der Waals surface area contributed by atoms with E-state index in [1.54, 1.807) is 21.0 Å². The summed E-state index contributed by atoms with van der Waals surface area (Å²) in [6, 6.07) is 0.200. The second-order valence-corrected chi connectivity index (χ2v) is 6.60. The number of nitrogens with one attached hydrogen (secondary N) is 2. The van der Waals surface area contributed by atoms with Gasteiger partial charge in [0, 0.05) is 18.8 Å². The maximum Gasteiger partial charge on any atom is 0.340 e. The number of aryl methyl sites for hydroxylation is 1. The first-order valence-corrected chi connectivity index (χ1v) is 8.61. The smallest absolute Gasteiger partial charge is 0.340 e. The summed E-state index contributed by atoms with van der Waals surface area (Å²) in [6.07, 6.45) is 4.53. The molecule has 1 amide bonds. The van der Waals surface area contributed by atoms with Crippen molar-refractivity contribution >= 4 is 11.9 Å². The molecule has 1 aromatic heterocycles. The summed E-state index contributed by atoms with van der Waals surface area (Å²) in [7, 11) is 1.55. The summed E-state index contributed by atoms with van der Waals surface area (Å²) < 4.78 is 10.1. The van der Waals surface area contributed by atoms with E-state index in [0.717, 1.165) is 19.3 Å². The van der Waals surface area contributed by atoms with Crippen LogP contribution in [0.1, 0.15) is 64.7 Å². The molecule has 0 saturated heterocycles. The molecule has 1 aliphatic rings. The number of rotatable bonds is 6. The Morgan fingerprint density at radius 3 is 2.58 bits per heavy atom. The van der Waals surface area contributed by atoms with Crippen LogP contribution in [-0.2, 0) is 9.47 Å². The first-order valence-electron chi connectivity index (χ1n) is 8.61. The zero-order chi connectivity index (χ0) is 17.7. The molecule has 1 fully saturated rings. The summed E-state index contributed by atoms with van der Waals surface area (Å²) in [6.45, 7) is 6.27.